The molecule has 0 amide bonds. The first-order chi connectivity index (χ1) is 3.27. The van der Waals surface area contributed by atoms with Crippen LogP contribution >= 0.6 is 0 Å². The fraction of sp³-hybridized carbons (Fsp3) is 0.500. The third-order valence-electron chi connectivity index (χ3n) is 0.544. The Hall–Kier alpha value is -0.123. The van der Waals surface area contributed by atoms with E-state index in [4.69, 9.17) is 9.59 Å². The molecule has 0 unspecified atom stereocenters. The van der Waals surface area contributed by atoms with Crippen LogP contribution in [0.15, 0.2) is 11.8 Å². The zero-order chi connectivity index (χ0) is 5.70. The van der Waals surface area contributed by atoms with Crippen LogP contribution in [0.1, 0.15) is 13.3 Å². The normalized spacial score (nSPS) is 11.4. The van der Waals surface area contributed by atoms with Gasteiger partial charge in [-0.2, -0.15) is 0 Å². The third kappa shape index (κ3) is 5.88. The van der Waals surface area contributed by atoms with Gasteiger partial charge in [-0.05, 0) is 12.1 Å². The Morgan fingerprint density at radius 2 is 2.14 bits per heavy atom. The molecule has 0 aliphatic carbocycles. The Labute approximate surface area is 45.0 Å². The largest absolute Gasteiger partial charge is 0.410 e. The maximum absolute atomic E-state index is 8.29. The summed E-state index contributed by atoms with van der Waals surface area (Å²) in [5.41, 5.74) is 1.47. The van der Waals surface area contributed by atoms with E-state index in [1.807, 2.05) is 6.92 Å². The van der Waals surface area contributed by atoms with Crippen LogP contribution in [-0.4, -0.2) is 18.9 Å². The van der Waals surface area contributed by atoms with Crippen LogP contribution in [0, 0.1) is 0 Å². The molecule has 0 aliphatic rings. The summed E-state index contributed by atoms with van der Waals surface area (Å²) in [6.45, 7) is 1.95. The van der Waals surface area contributed by atoms with E-state index in [0.29, 0.717) is 0 Å². The van der Waals surface area contributed by atoms with Crippen LogP contribution in [0.2, 0.25) is 0 Å². The minimum absolute atomic E-state index is 0.880. The Bertz CT molecular complexity index is 60.7. The molecule has 0 aromatic carbocycles. The maximum atomic E-state index is 8.29. The second-order valence-corrected chi connectivity index (χ2v) is 2.46. The molecule has 2 nitrogen and oxygen atoms in total. The molecule has 0 spiro atoms. The van der Waals surface area contributed by atoms with Gasteiger partial charge in [-0.3, -0.25) is 0 Å². The van der Waals surface area contributed by atoms with Gasteiger partial charge >= 0.3 is 9.28 Å². The SMILES string of the molecule is CCC=C[SiH](O)O. The fourth-order valence-electron chi connectivity index (χ4n) is 0.258. The number of hydrogen-bond donors (Lipinski definition) is 2. The van der Waals surface area contributed by atoms with Crippen molar-refractivity contribution in [1.82, 2.24) is 0 Å². The average molecular weight is 118 g/mol. The standard InChI is InChI=1S/C4H10O2Si/c1-2-3-4-7(5)6/h3-7H,2H2,1H3. The van der Waals surface area contributed by atoms with Gasteiger partial charge in [0.15, 0.2) is 0 Å². The molecular weight excluding hydrogens is 108 g/mol. The Kier molecular flexibility index (Phi) is 3.98. The van der Waals surface area contributed by atoms with E-state index < -0.39 is 9.28 Å². The van der Waals surface area contributed by atoms with E-state index in [2.05, 4.69) is 0 Å². The van der Waals surface area contributed by atoms with Crippen molar-refractivity contribution in [1.29, 1.82) is 0 Å². The molecule has 0 heterocycles. The van der Waals surface area contributed by atoms with E-state index in [0.717, 1.165) is 6.42 Å². The molecule has 3 heteroatoms. The molecular formula is C4H10O2Si. The van der Waals surface area contributed by atoms with Crippen molar-refractivity contribution in [2.24, 2.45) is 0 Å². The predicted molar refractivity (Wildman–Crippen MR) is 31.0 cm³/mol. The molecule has 0 saturated heterocycles. The predicted octanol–water partition coefficient (Wildman–Crippen LogP) is -0.303. The zero-order valence-corrected chi connectivity index (χ0v) is 5.49. The molecule has 0 aromatic rings. The van der Waals surface area contributed by atoms with Crippen LogP contribution < -0.4 is 0 Å². The average Bonchev–Trinajstić information content (AvgIpc) is 1.61. The van der Waals surface area contributed by atoms with Gasteiger partial charge in [-0.15, -0.1) is 0 Å². The topological polar surface area (TPSA) is 40.5 Å². The molecule has 0 saturated carbocycles. The summed E-state index contributed by atoms with van der Waals surface area (Å²) in [5.74, 6) is 0. The summed E-state index contributed by atoms with van der Waals surface area (Å²) >= 11 is 0. The number of rotatable bonds is 2. The van der Waals surface area contributed by atoms with Gasteiger partial charge in [0.2, 0.25) is 0 Å². The first-order valence-electron chi connectivity index (χ1n) is 2.30. The summed E-state index contributed by atoms with van der Waals surface area (Å²) in [6, 6.07) is 0. The van der Waals surface area contributed by atoms with E-state index in [-0.39, 0.29) is 0 Å². The fourth-order valence-corrected chi connectivity index (χ4v) is 0.773. The summed E-state index contributed by atoms with van der Waals surface area (Å²) in [5, 5.41) is 0. The summed E-state index contributed by atoms with van der Waals surface area (Å²) < 4.78 is 0. The minimum atomic E-state index is -2.37. The van der Waals surface area contributed by atoms with Crippen LogP contribution in [0.25, 0.3) is 0 Å². The highest BCUT2D eigenvalue weighted by Crippen LogP contribution is 1.78. The maximum Gasteiger partial charge on any atom is 0.342 e. The van der Waals surface area contributed by atoms with Crippen LogP contribution in [0.5, 0.6) is 0 Å². The van der Waals surface area contributed by atoms with E-state index in [1.54, 1.807) is 6.08 Å². The summed E-state index contributed by atoms with van der Waals surface area (Å²) in [7, 11) is -2.37. The van der Waals surface area contributed by atoms with Crippen molar-refractivity contribution >= 4 is 9.28 Å². The van der Waals surface area contributed by atoms with Gasteiger partial charge in [0.05, 0.1) is 0 Å². The van der Waals surface area contributed by atoms with Crippen molar-refractivity contribution in [2.75, 3.05) is 0 Å². The van der Waals surface area contributed by atoms with Gasteiger partial charge in [-0.1, -0.05) is 13.0 Å². The summed E-state index contributed by atoms with van der Waals surface area (Å²) in [6.07, 6.45) is 2.64. The van der Waals surface area contributed by atoms with Crippen molar-refractivity contribution in [3.05, 3.63) is 11.8 Å². The molecule has 0 radical (unpaired) electrons. The number of hydrogen-bond acceptors (Lipinski definition) is 2. The van der Waals surface area contributed by atoms with E-state index >= 15 is 0 Å². The van der Waals surface area contributed by atoms with Crippen LogP contribution in [0.4, 0.5) is 0 Å². The molecule has 7 heavy (non-hydrogen) atoms. The quantitative estimate of drug-likeness (QED) is 0.489. The van der Waals surface area contributed by atoms with Crippen molar-refractivity contribution in [3.63, 3.8) is 0 Å². The van der Waals surface area contributed by atoms with Gasteiger partial charge in [-0.25, -0.2) is 0 Å². The van der Waals surface area contributed by atoms with Gasteiger partial charge in [0.1, 0.15) is 0 Å². The van der Waals surface area contributed by atoms with Crippen molar-refractivity contribution in [2.45, 2.75) is 13.3 Å². The molecule has 42 valence electrons. The minimum Gasteiger partial charge on any atom is -0.410 e. The second-order valence-electron chi connectivity index (χ2n) is 1.25. The Balaban J connectivity index is 3.08. The smallest absolute Gasteiger partial charge is 0.342 e. The van der Waals surface area contributed by atoms with Gasteiger partial charge < -0.3 is 9.59 Å². The van der Waals surface area contributed by atoms with Gasteiger partial charge in [0, 0.05) is 0 Å². The second kappa shape index (κ2) is 4.05. The first-order valence-corrected chi connectivity index (χ1v) is 4.00. The number of allylic oxidation sites excluding steroid dienone is 1. The first kappa shape index (κ1) is 6.88. The molecule has 2 N–H and O–H groups in total. The zero-order valence-electron chi connectivity index (χ0n) is 4.33. The lowest BCUT2D eigenvalue weighted by Gasteiger charge is -1.84. The van der Waals surface area contributed by atoms with E-state index in [1.165, 1.54) is 5.70 Å². The molecule has 0 atom stereocenters. The molecule has 0 aromatic heterocycles. The van der Waals surface area contributed by atoms with Gasteiger partial charge in [0.25, 0.3) is 0 Å². The van der Waals surface area contributed by atoms with E-state index in [9.17, 15) is 0 Å². The molecule has 0 rings (SSSR count). The highest BCUT2D eigenvalue weighted by molar-refractivity contribution is 6.47. The summed E-state index contributed by atoms with van der Waals surface area (Å²) in [4.78, 5) is 16.6. The lowest BCUT2D eigenvalue weighted by Crippen LogP contribution is -2.05. The molecule has 0 bridgehead atoms. The molecule has 0 fully saturated rings. The lowest BCUT2D eigenvalue weighted by atomic mass is 10.5. The Morgan fingerprint density at radius 1 is 1.57 bits per heavy atom. The Morgan fingerprint density at radius 3 is 2.29 bits per heavy atom. The van der Waals surface area contributed by atoms with Crippen LogP contribution in [-0.2, 0) is 0 Å². The highest BCUT2D eigenvalue weighted by atomic mass is 28.3. The third-order valence-corrected chi connectivity index (χ3v) is 1.16. The highest BCUT2D eigenvalue weighted by Gasteiger charge is 1.88. The van der Waals surface area contributed by atoms with Crippen molar-refractivity contribution in [3.8, 4) is 0 Å². The van der Waals surface area contributed by atoms with Crippen molar-refractivity contribution < 1.29 is 9.59 Å². The lowest BCUT2D eigenvalue weighted by molar-refractivity contribution is 0.424. The van der Waals surface area contributed by atoms with Crippen LogP contribution in [0.3, 0.4) is 0 Å². The monoisotopic (exact) mass is 118 g/mol. The molecule has 0 aliphatic heterocycles.